The molecule has 1 N–H and O–H groups in total. The van der Waals surface area contributed by atoms with Gasteiger partial charge in [-0.15, -0.1) is 0 Å². The number of amides is 1. The van der Waals surface area contributed by atoms with E-state index in [-0.39, 0.29) is 21.7 Å². The van der Waals surface area contributed by atoms with Crippen molar-refractivity contribution in [3.05, 3.63) is 51.8 Å². The average Bonchev–Trinajstić information content (AvgIpc) is 2.90. The SMILES string of the molecule is O=C(NC1CCc2nccn2C1)c1cc(F)c(Cl)cc1Cl. The highest BCUT2D eigenvalue weighted by molar-refractivity contribution is 6.36. The molecule has 3 rings (SSSR count). The van der Waals surface area contributed by atoms with Crippen LogP contribution in [-0.4, -0.2) is 21.5 Å². The maximum atomic E-state index is 13.5. The predicted octanol–water partition coefficient (Wildman–Crippen LogP) is 3.07. The van der Waals surface area contributed by atoms with Crippen molar-refractivity contribution in [3.63, 3.8) is 0 Å². The maximum Gasteiger partial charge on any atom is 0.253 e. The summed E-state index contributed by atoms with van der Waals surface area (Å²) in [5.74, 6) is -0.0491. The molecule has 1 aliphatic heterocycles. The molecule has 0 saturated carbocycles. The third-order valence-corrected chi connectivity index (χ3v) is 4.13. The molecule has 1 aromatic heterocycles. The Morgan fingerprint density at radius 2 is 2.19 bits per heavy atom. The highest BCUT2D eigenvalue weighted by atomic mass is 35.5. The van der Waals surface area contributed by atoms with E-state index in [1.54, 1.807) is 6.20 Å². The van der Waals surface area contributed by atoms with Gasteiger partial charge in [0.15, 0.2) is 0 Å². The number of fused-ring (bicyclic) bond motifs is 1. The zero-order valence-corrected chi connectivity index (χ0v) is 12.5. The normalized spacial score (nSPS) is 17.4. The number of hydrogen-bond donors (Lipinski definition) is 1. The Bertz CT molecular complexity index is 702. The van der Waals surface area contributed by atoms with Gasteiger partial charge in [0.25, 0.3) is 5.91 Å². The zero-order valence-electron chi connectivity index (χ0n) is 10.9. The molecule has 0 spiro atoms. The van der Waals surface area contributed by atoms with Crippen LogP contribution in [0.4, 0.5) is 4.39 Å². The quantitative estimate of drug-likeness (QED) is 0.861. The van der Waals surface area contributed by atoms with Crippen LogP contribution in [0, 0.1) is 5.82 Å². The van der Waals surface area contributed by atoms with Gasteiger partial charge in [0.1, 0.15) is 11.6 Å². The van der Waals surface area contributed by atoms with Crippen molar-refractivity contribution in [3.8, 4) is 0 Å². The van der Waals surface area contributed by atoms with Crippen molar-refractivity contribution in [1.82, 2.24) is 14.9 Å². The summed E-state index contributed by atoms with van der Waals surface area (Å²) in [5, 5.41) is 2.91. The summed E-state index contributed by atoms with van der Waals surface area (Å²) < 4.78 is 15.5. The van der Waals surface area contributed by atoms with Crippen molar-refractivity contribution in [2.75, 3.05) is 0 Å². The molecule has 1 atom stereocenters. The summed E-state index contributed by atoms with van der Waals surface area (Å²) in [6.45, 7) is 0.648. The molecule has 0 bridgehead atoms. The van der Waals surface area contributed by atoms with E-state index in [0.29, 0.717) is 6.54 Å². The second kappa shape index (κ2) is 5.66. The molecule has 1 aromatic carbocycles. The fourth-order valence-electron chi connectivity index (χ4n) is 2.44. The van der Waals surface area contributed by atoms with E-state index in [2.05, 4.69) is 10.3 Å². The number of halogens is 3. The number of imidazole rings is 1. The Labute approximate surface area is 130 Å². The van der Waals surface area contributed by atoms with Gasteiger partial charge in [0.05, 0.1) is 15.6 Å². The molecule has 21 heavy (non-hydrogen) atoms. The predicted molar refractivity (Wildman–Crippen MR) is 78.2 cm³/mol. The van der Waals surface area contributed by atoms with E-state index < -0.39 is 11.7 Å². The summed E-state index contributed by atoms with van der Waals surface area (Å²) >= 11 is 11.6. The molecule has 1 unspecified atom stereocenters. The Kier molecular flexibility index (Phi) is 3.87. The molecule has 0 fully saturated rings. The van der Waals surface area contributed by atoms with Gasteiger partial charge in [-0.25, -0.2) is 9.37 Å². The molecular weight excluding hydrogens is 316 g/mol. The number of nitrogens with zero attached hydrogens (tertiary/aromatic N) is 2. The minimum absolute atomic E-state index is 0.0333. The van der Waals surface area contributed by atoms with Gasteiger partial charge in [-0.2, -0.15) is 0 Å². The largest absolute Gasteiger partial charge is 0.347 e. The highest BCUT2D eigenvalue weighted by Crippen LogP contribution is 2.24. The van der Waals surface area contributed by atoms with Gasteiger partial charge in [-0.1, -0.05) is 23.2 Å². The van der Waals surface area contributed by atoms with E-state index in [1.165, 1.54) is 6.07 Å². The van der Waals surface area contributed by atoms with Gasteiger partial charge in [0, 0.05) is 31.4 Å². The minimum Gasteiger partial charge on any atom is -0.347 e. The van der Waals surface area contributed by atoms with Crippen LogP contribution in [-0.2, 0) is 13.0 Å². The lowest BCUT2D eigenvalue weighted by Crippen LogP contribution is -2.41. The summed E-state index contributed by atoms with van der Waals surface area (Å²) in [6.07, 6.45) is 5.20. The molecule has 0 radical (unpaired) electrons. The van der Waals surface area contributed by atoms with Crippen LogP contribution in [0.15, 0.2) is 24.5 Å². The fraction of sp³-hybridized carbons (Fsp3) is 0.286. The summed E-state index contributed by atoms with van der Waals surface area (Å²) in [7, 11) is 0. The van der Waals surface area contributed by atoms with Crippen LogP contribution in [0.1, 0.15) is 22.6 Å². The first-order valence-electron chi connectivity index (χ1n) is 6.50. The molecule has 1 amide bonds. The number of carbonyl (C=O) groups excluding carboxylic acids is 1. The van der Waals surface area contributed by atoms with Crippen molar-refractivity contribution in [2.45, 2.75) is 25.4 Å². The lowest BCUT2D eigenvalue weighted by Gasteiger charge is -2.25. The number of aromatic nitrogens is 2. The van der Waals surface area contributed by atoms with Gasteiger partial charge < -0.3 is 9.88 Å². The number of rotatable bonds is 2. The van der Waals surface area contributed by atoms with Crippen molar-refractivity contribution < 1.29 is 9.18 Å². The topological polar surface area (TPSA) is 46.9 Å². The van der Waals surface area contributed by atoms with Crippen molar-refractivity contribution in [1.29, 1.82) is 0 Å². The summed E-state index contributed by atoms with van der Waals surface area (Å²) in [6, 6.07) is 2.27. The first-order valence-corrected chi connectivity index (χ1v) is 7.25. The summed E-state index contributed by atoms with van der Waals surface area (Å²) in [4.78, 5) is 16.4. The first kappa shape index (κ1) is 14.4. The molecule has 0 saturated heterocycles. The van der Waals surface area contributed by atoms with Gasteiger partial charge >= 0.3 is 0 Å². The summed E-state index contributed by atoms with van der Waals surface area (Å²) in [5.41, 5.74) is 0.0926. The maximum absolute atomic E-state index is 13.5. The average molecular weight is 328 g/mol. The molecule has 4 nitrogen and oxygen atoms in total. The first-order chi connectivity index (χ1) is 10.0. The zero-order chi connectivity index (χ0) is 15.0. The number of carbonyl (C=O) groups is 1. The lowest BCUT2D eigenvalue weighted by molar-refractivity contribution is 0.0927. The Morgan fingerprint density at radius 3 is 3.00 bits per heavy atom. The molecular formula is C14H12Cl2FN3O. The number of nitrogens with one attached hydrogen (secondary N) is 1. The Morgan fingerprint density at radius 1 is 1.38 bits per heavy atom. The second-order valence-corrected chi connectivity index (χ2v) is 5.77. The fourth-order valence-corrected chi connectivity index (χ4v) is 2.91. The van der Waals surface area contributed by atoms with E-state index in [0.717, 1.165) is 24.7 Å². The van der Waals surface area contributed by atoms with Gasteiger partial charge in [-0.3, -0.25) is 4.79 Å². The van der Waals surface area contributed by atoms with E-state index in [1.807, 2.05) is 10.8 Å². The van der Waals surface area contributed by atoms with Crippen molar-refractivity contribution >= 4 is 29.1 Å². The van der Waals surface area contributed by atoms with Crippen LogP contribution in [0.2, 0.25) is 10.0 Å². The minimum atomic E-state index is -0.660. The third-order valence-electron chi connectivity index (χ3n) is 3.53. The highest BCUT2D eigenvalue weighted by Gasteiger charge is 2.22. The lowest BCUT2D eigenvalue weighted by atomic mass is 10.1. The Balaban J connectivity index is 1.74. The molecule has 1 aliphatic rings. The molecule has 2 aromatic rings. The molecule has 0 aliphatic carbocycles. The monoisotopic (exact) mass is 327 g/mol. The van der Waals surface area contributed by atoms with Crippen LogP contribution in [0.25, 0.3) is 0 Å². The number of aryl methyl sites for hydroxylation is 1. The van der Waals surface area contributed by atoms with Crippen LogP contribution >= 0.6 is 23.2 Å². The van der Waals surface area contributed by atoms with E-state index in [4.69, 9.17) is 23.2 Å². The number of benzene rings is 1. The number of hydrogen-bond acceptors (Lipinski definition) is 2. The molecule has 110 valence electrons. The van der Waals surface area contributed by atoms with E-state index >= 15 is 0 Å². The smallest absolute Gasteiger partial charge is 0.253 e. The molecule has 2 heterocycles. The van der Waals surface area contributed by atoms with Crippen LogP contribution in [0.5, 0.6) is 0 Å². The second-order valence-electron chi connectivity index (χ2n) is 4.95. The Hall–Kier alpha value is -1.59. The molecule has 7 heteroatoms. The van der Waals surface area contributed by atoms with Crippen molar-refractivity contribution in [2.24, 2.45) is 0 Å². The third kappa shape index (κ3) is 2.89. The van der Waals surface area contributed by atoms with Gasteiger partial charge in [0.2, 0.25) is 0 Å². The van der Waals surface area contributed by atoms with Gasteiger partial charge in [-0.05, 0) is 18.6 Å². The standard InChI is InChI=1S/C14H12Cl2FN3O/c15-10-6-11(16)12(17)5-9(10)14(21)19-8-1-2-13-18-3-4-20(13)7-8/h3-6,8H,1-2,7H2,(H,19,21). The van der Waals surface area contributed by atoms with E-state index in [9.17, 15) is 9.18 Å². The van der Waals surface area contributed by atoms with Crippen LogP contribution in [0.3, 0.4) is 0 Å². The van der Waals surface area contributed by atoms with Crippen LogP contribution < -0.4 is 5.32 Å².